The predicted octanol–water partition coefficient (Wildman–Crippen LogP) is 5.62. The number of hydrogen-bond donors (Lipinski definition) is 0. The third-order valence-electron chi connectivity index (χ3n) is 4.79. The van der Waals surface area contributed by atoms with E-state index in [9.17, 15) is 0 Å². The molecule has 1 aromatic heterocycles. The van der Waals surface area contributed by atoms with Crippen molar-refractivity contribution in [2.24, 2.45) is 4.99 Å². The summed E-state index contributed by atoms with van der Waals surface area (Å²) < 4.78 is 12.6. The summed E-state index contributed by atoms with van der Waals surface area (Å²) >= 11 is 0. The van der Waals surface area contributed by atoms with Gasteiger partial charge >= 0.3 is 0 Å². The third kappa shape index (κ3) is 4.10. The summed E-state index contributed by atoms with van der Waals surface area (Å²) in [6, 6.07) is 26.0. The second kappa shape index (κ2) is 8.66. The van der Waals surface area contributed by atoms with Crippen LogP contribution in [0, 0.1) is 6.92 Å². The van der Waals surface area contributed by atoms with E-state index in [0.717, 1.165) is 28.3 Å². The molecule has 150 valence electrons. The van der Waals surface area contributed by atoms with E-state index in [-0.39, 0.29) is 0 Å². The molecule has 0 N–H and O–H groups in total. The fraction of sp³-hybridized carbons (Fsp3) is 0.120. The summed E-state index contributed by atoms with van der Waals surface area (Å²) in [5.41, 5.74) is 5.00. The van der Waals surface area contributed by atoms with Crippen molar-refractivity contribution in [2.75, 3.05) is 14.2 Å². The zero-order valence-electron chi connectivity index (χ0n) is 17.2. The molecule has 5 nitrogen and oxygen atoms in total. The highest BCUT2D eigenvalue weighted by Gasteiger charge is 2.11. The molecule has 0 radical (unpaired) electrons. The van der Waals surface area contributed by atoms with Crippen LogP contribution in [0.15, 0.2) is 83.9 Å². The zero-order chi connectivity index (χ0) is 20.9. The molecule has 0 amide bonds. The molecule has 5 heteroatoms. The van der Waals surface area contributed by atoms with Crippen molar-refractivity contribution in [3.8, 4) is 28.4 Å². The van der Waals surface area contributed by atoms with Gasteiger partial charge in [-0.25, -0.2) is 9.67 Å². The Hall–Kier alpha value is -3.86. The molecule has 0 atom stereocenters. The molecule has 0 saturated heterocycles. The molecule has 0 fully saturated rings. The third-order valence-corrected chi connectivity index (χ3v) is 4.79. The van der Waals surface area contributed by atoms with Crippen LogP contribution < -0.4 is 9.47 Å². The highest BCUT2D eigenvalue weighted by atomic mass is 16.5. The van der Waals surface area contributed by atoms with Gasteiger partial charge < -0.3 is 9.47 Å². The predicted molar refractivity (Wildman–Crippen MR) is 121 cm³/mol. The normalized spacial score (nSPS) is 11.0. The van der Waals surface area contributed by atoms with Gasteiger partial charge in [-0.05, 0) is 42.8 Å². The largest absolute Gasteiger partial charge is 0.493 e. The lowest BCUT2D eigenvalue weighted by Gasteiger charge is -2.07. The molecule has 0 spiro atoms. The quantitative estimate of drug-likeness (QED) is 0.397. The average Bonchev–Trinajstić information content (AvgIpc) is 3.22. The number of aliphatic imine (C=N–C) groups is 1. The van der Waals surface area contributed by atoms with Gasteiger partial charge in [0.1, 0.15) is 0 Å². The van der Waals surface area contributed by atoms with Crippen molar-refractivity contribution in [3.63, 3.8) is 0 Å². The van der Waals surface area contributed by atoms with Gasteiger partial charge in [0, 0.05) is 17.8 Å². The Labute approximate surface area is 176 Å². The lowest BCUT2D eigenvalue weighted by Crippen LogP contribution is -1.96. The van der Waals surface area contributed by atoms with E-state index in [1.165, 1.54) is 5.56 Å². The second-order valence-corrected chi connectivity index (χ2v) is 6.87. The number of hydrogen-bond acceptors (Lipinski definition) is 4. The second-order valence-electron chi connectivity index (χ2n) is 6.87. The number of aryl methyl sites for hydroxylation is 1. The molecule has 3 aromatic carbocycles. The first-order valence-corrected chi connectivity index (χ1v) is 9.66. The van der Waals surface area contributed by atoms with Crippen LogP contribution in [-0.4, -0.2) is 30.2 Å². The van der Waals surface area contributed by atoms with Gasteiger partial charge in [0.05, 0.1) is 25.6 Å². The minimum absolute atomic E-state index is 0.665. The summed E-state index contributed by atoms with van der Waals surface area (Å²) in [6.45, 7) is 2.07. The molecule has 1 heterocycles. The van der Waals surface area contributed by atoms with E-state index in [2.05, 4.69) is 31.2 Å². The van der Waals surface area contributed by atoms with Gasteiger partial charge in [0.15, 0.2) is 17.3 Å². The van der Waals surface area contributed by atoms with E-state index in [0.29, 0.717) is 11.5 Å². The molecule has 0 aliphatic rings. The van der Waals surface area contributed by atoms with Crippen molar-refractivity contribution in [2.45, 2.75) is 6.92 Å². The van der Waals surface area contributed by atoms with E-state index in [1.54, 1.807) is 20.4 Å². The maximum atomic E-state index is 5.39. The van der Waals surface area contributed by atoms with Crippen LogP contribution in [0.1, 0.15) is 11.1 Å². The molecule has 4 rings (SSSR count). The minimum Gasteiger partial charge on any atom is -0.493 e. The monoisotopic (exact) mass is 397 g/mol. The highest BCUT2D eigenvalue weighted by molar-refractivity contribution is 5.83. The molecule has 0 aliphatic carbocycles. The van der Waals surface area contributed by atoms with Crippen LogP contribution in [0.25, 0.3) is 16.9 Å². The van der Waals surface area contributed by atoms with Crippen LogP contribution in [0.3, 0.4) is 0 Å². The van der Waals surface area contributed by atoms with Crippen molar-refractivity contribution >= 4 is 12.0 Å². The van der Waals surface area contributed by atoms with Gasteiger partial charge in [-0.1, -0.05) is 48.0 Å². The zero-order valence-corrected chi connectivity index (χ0v) is 17.2. The number of nitrogens with zero attached hydrogens (tertiary/aromatic N) is 3. The SMILES string of the molecule is COc1ccc(/C=N/c2cc(-c3ccc(C)cc3)nn2-c2ccccc2)cc1OC. The number of methoxy groups -OCH3 is 2. The number of benzene rings is 3. The molecule has 4 aromatic rings. The summed E-state index contributed by atoms with van der Waals surface area (Å²) in [5, 5.41) is 4.81. The Bertz CT molecular complexity index is 1160. The molecule has 0 saturated carbocycles. The number of rotatable bonds is 6. The van der Waals surface area contributed by atoms with E-state index >= 15 is 0 Å². The Morgan fingerprint density at radius 3 is 2.27 bits per heavy atom. The topological polar surface area (TPSA) is 48.6 Å². The van der Waals surface area contributed by atoms with Crippen molar-refractivity contribution in [3.05, 3.63) is 90.0 Å². The molecular formula is C25H23N3O2. The standard InChI is InChI=1S/C25H23N3O2/c1-18-9-12-20(13-10-18)22-16-25(28(27-22)21-7-5-4-6-8-21)26-17-19-11-14-23(29-2)24(15-19)30-3/h4-17H,1-3H3/b26-17+. The fourth-order valence-electron chi connectivity index (χ4n) is 3.16. The smallest absolute Gasteiger partial charge is 0.161 e. The van der Waals surface area contributed by atoms with E-state index in [4.69, 9.17) is 19.6 Å². The Morgan fingerprint density at radius 2 is 1.57 bits per heavy atom. The lowest BCUT2D eigenvalue weighted by atomic mass is 10.1. The molecule has 30 heavy (non-hydrogen) atoms. The van der Waals surface area contributed by atoms with Crippen molar-refractivity contribution in [1.82, 2.24) is 9.78 Å². The van der Waals surface area contributed by atoms with E-state index < -0.39 is 0 Å². The molecule has 0 aliphatic heterocycles. The van der Waals surface area contributed by atoms with Gasteiger partial charge in [-0.2, -0.15) is 5.10 Å². The van der Waals surface area contributed by atoms with Crippen molar-refractivity contribution in [1.29, 1.82) is 0 Å². The first-order chi connectivity index (χ1) is 14.7. The molecule has 0 unspecified atom stereocenters. The van der Waals surface area contributed by atoms with Crippen LogP contribution in [-0.2, 0) is 0 Å². The lowest BCUT2D eigenvalue weighted by molar-refractivity contribution is 0.355. The molecule has 0 bridgehead atoms. The van der Waals surface area contributed by atoms with Gasteiger partial charge in [-0.15, -0.1) is 0 Å². The number of para-hydroxylation sites is 1. The Kier molecular flexibility index (Phi) is 5.61. The number of ether oxygens (including phenoxy) is 2. The Balaban J connectivity index is 1.74. The van der Waals surface area contributed by atoms with Crippen molar-refractivity contribution < 1.29 is 9.47 Å². The highest BCUT2D eigenvalue weighted by Crippen LogP contribution is 2.29. The summed E-state index contributed by atoms with van der Waals surface area (Å²) in [6.07, 6.45) is 1.80. The maximum absolute atomic E-state index is 5.39. The van der Waals surface area contributed by atoms with Crippen LogP contribution in [0.2, 0.25) is 0 Å². The first kappa shape index (κ1) is 19.5. The minimum atomic E-state index is 0.665. The van der Waals surface area contributed by atoms with Crippen LogP contribution in [0.4, 0.5) is 5.82 Å². The first-order valence-electron chi connectivity index (χ1n) is 9.66. The van der Waals surface area contributed by atoms with E-state index in [1.807, 2.05) is 59.3 Å². The maximum Gasteiger partial charge on any atom is 0.161 e. The summed E-state index contributed by atoms with van der Waals surface area (Å²) in [7, 11) is 3.24. The fourth-order valence-corrected chi connectivity index (χ4v) is 3.16. The molecular weight excluding hydrogens is 374 g/mol. The van der Waals surface area contributed by atoms with Crippen LogP contribution in [0.5, 0.6) is 11.5 Å². The van der Waals surface area contributed by atoms with Crippen LogP contribution >= 0.6 is 0 Å². The number of aromatic nitrogens is 2. The summed E-state index contributed by atoms with van der Waals surface area (Å²) in [4.78, 5) is 4.73. The van der Waals surface area contributed by atoms with Gasteiger partial charge in [-0.3, -0.25) is 0 Å². The Morgan fingerprint density at radius 1 is 0.833 bits per heavy atom. The average molecular weight is 397 g/mol. The summed E-state index contributed by atoms with van der Waals surface area (Å²) in [5.74, 6) is 2.09. The van der Waals surface area contributed by atoms with Gasteiger partial charge in [0.25, 0.3) is 0 Å². The van der Waals surface area contributed by atoms with Gasteiger partial charge in [0.2, 0.25) is 0 Å².